The van der Waals surface area contributed by atoms with Gasteiger partial charge in [-0.25, -0.2) is 4.98 Å². The highest BCUT2D eigenvalue weighted by Gasteiger charge is 2.26. The zero-order valence-electron chi connectivity index (χ0n) is 9.97. The van der Waals surface area contributed by atoms with E-state index in [-0.39, 0.29) is 29.9 Å². The number of anilines is 1. The Bertz CT molecular complexity index is 453. The van der Waals surface area contributed by atoms with E-state index in [9.17, 15) is 4.79 Å². The van der Waals surface area contributed by atoms with Crippen LogP contribution in [-0.4, -0.2) is 40.6 Å². The van der Waals surface area contributed by atoms with E-state index >= 15 is 0 Å². The first-order chi connectivity index (χ1) is 8.61. The maximum Gasteiger partial charge on any atom is 0.274 e. The lowest BCUT2D eigenvalue weighted by atomic mass is 9.99. The monoisotopic (exact) mass is 269 g/mol. The Labute approximate surface area is 111 Å². The summed E-state index contributed by atoms with van der Waals surface area (Å²) in [4.78, 5) is 17.9. The van der Waals surface area contributed by atoms with Gasteiger partial charge in [-0.15, -0.1) is 0 Å². The molecule has 0 spiro atoms. The number of halogens is 1. The summed E-state index contributed by atoms with van der Waals surface area (Å²) in [5.74, 6) is 0.200. The Hall–Kier alpha value is -1.33. The fourth-order valence-electron chi connectivity index (χ4n) is 2.16. The Morgan fingerprint density at radius 3 is 3.11 bits per heavy atom. The van der Waals surface area contributed by atoms with E-state index in [1.54, 1.807) is 17.0 Å². The number of pyridine rings is 1. The summed E-state index contributed by atoms with van der Waals surface area (Å²) in [6.45, 7) is 1.31. The standard InChI is InChI=1S/C12H16ClN3O2/c13-9-3-4-10(14)15-11(9)12(18)16-5-1-2-8(6-16)7-17/h3-4,8,17H,1-2,5-7H2,(H2,14,15). The molecule has 1 fully saturated rings. The molecule has 0 bridgehead atoms. The zero-order chi connectivity index (χ0) is 13.1. The number of likely N-dealkylation sites (tertiary alicyclic amines) is 1. The van der Waals surface area contributed by atoms with Crippen molar-refractivity contribution >= 4 is 23.3 Å². The highest BCUT2D eigenvalue weighted by molar-refractivity contribution is 6.33. The number of aliphatic hydroxyl groups is 1. The van der Waals surface area contributed by atoms with Crippen molar-refractivity contribution in [2.45, 2.75) is 12.8 Å². The van der Waals surface area contributed by atoms with E-state index in [1.807, 2.05) is 0 Å². The van der Waals surface area contributed by atoms with Crippen LogP contribution in [0.2, 0.25) is 5.02 Å². The van der Waals surface area contributed by atoms with Crippen LogP contribution in [0, 0.1) is 5.92 Å². The molecule has 1 atom stereocenters. The van der Waals surface area contributed by atoms with Gasteiger partial charge in [0, 0.05) is 19.7 Å². The minimum absolute atomic E-state index is 0.0991. The molecular weight excluding hydrogens is 254 g/mol. The van der Waals surface area contributed by atoms with Gasteiger partial charge >= 0.3 is 0 Å². The SMILES string of the molecule is Nc1ccc(Cl)c(C(=O)N2CCCC(CO)C2)n1. The maximum atomic E-state index is 12.3. The Morgan fingerprint density at radius 2 is 2.39 bits per heavy atom. The molecule has 1 saturated heterocycles. The van der Waals surface area contributed by atoms with Crippen molar-refractivity contribution < 1.29 is 9.90 Å². The number of nitrogens with zero attached hydrogens (tertiary/aromatic N) is 2. The third-order valence-electron chi connectivity index (χ3n) is 3.13. The smallest absolute Gasteiger partial charge is 0.274 e. The van der Waals surface area contributed by atoms with Crippen LogP contribution in [0.3, 0.4) is 0 Å². The van der Waals surface area contributed by atoms with Crippen molar-refractivity contribution in [3.63, 3.8) is 0 Å². The number of hydrogen-bond acceptors (Lipinski definition) is 4. The molecule has 0 aliphatic carbocycles. The summed E-state index contributed by atoms with van der Waals surface area (Å²) < 4.78 is 0. The third-order valence-corrected chi connectivity index (χ3v) is 3.44. The van der Waals surface area contributed by atoms with E-state index in [4.69, 9.17) is 22.4 Å². The molecule has 18 heavy (non-hydrogen) atoms. The molecule has 0 saturated carbocycles. The number of rotatable bonds is 2. The molecule has 1 aliphatic heterocycles. The number of carbonyl (C=O) groups is 1. The average molecular weight is 270 g/mol. The summed E-state index contributed by atoms with van der Waals surface area (Å²) in [6, 6.07) is 3.14. The Morgan fingerprint density at radius 1 is 1.61 bits per heavy atom. The number of carbonyl (C=O) groups excluding carboxylic acids is 1. The summed E-state index contributed by atoms with van der Waals surface area (Å²) in [5.41, 5.74) is 5.76. The molecule has 1 amide bonds. The number of hydrogen-bond donors (Lipinski definition) is 2. The number of aliphatic hydroxyl groups excluding tert-OH is 1. The van der Waals surface area contributed by atoms with Crippen molar-refractivity contribution in [3.05, 3.63) is 22.8 Å². The van der Waals surface area contributed by atoms with Gasteiger partial charge in [0.05, 0.1) is 5.02 Å². The van der Waals surface area contributed by atoms with Gasteiger partial charge in [0.2, 0.25) is 0 Å². The normalized spacial score (nSPS) is 19.9. The van der Waals surface area contributed by atoms with Gasteiger partial charge in [-0.1, -0.05) is 11.6 Å². The first-order valence-corrected chi connectivity index (χ1v) is 6.31. The van der Waals surface area contributed by atoms with Crippen molar-refractivity contribution in [3.8, 4) is 0 Å². The average Bonchev–Trinajstić information content (AvgIpc) is 2.41. The van der Waals surface area contributed by atoms with Crippen LogP contribution >= 0.6 is 11.6 Å². The van der Waals surface area contributed by atoms with Crippen LogP contribution < -0.4 is 5.73 Å². The number of amides is 1. The van der Waals surface area contributed by atoms with Gasteiger partial charge in [0.15, 0.2) is 0 Å². The topological polar surface area (TPSA) is 79.5 Å². The van der Waals surface area contributed by atoms with Crippen LogP contribution in [0.4, 0.5) is 5.82 Å². The summed E-state index contributed by atoms with van der Waals surface area (Å²) >= 11 is 5.97. The summed E-state index contributed by atoms with van der Waals surface area (Å²) in [5, 5.41) is 9.47. The summed E-state index contributed by atoms with van der Waals surface area (Å²) in [7, 11) is 0. The first kappa shape index (κ1) is 13.1. The molecule has 0 aromatic carbocycles. The van der Waals surface area contributed by atoms with Gasteiger partial charge < -0.3 is 15.7 Å². The second kappa shape index (κ2) is 5.54. The molecule has 0 radical (unpaired) electrons. The largest absolute Gasteiger partial charge is 0.396 e. The summed E-state index contributed by atoms with van der Waals surface area (Å²) in [6.07, 6.45) is 1.83. The van der Waals surface area contributed by atoms with Crippen molar-refractivity contribution in [1.82, 2.24) is 9.88 Å². The van der Waals surface area contributed by atoms with Gasteiger partial charge in [0.1, 0.15) is 11.5 Å². The predicted octanol–water partition coefficient (Wildman–Crippen LogP) is 1.16. The van der Waals surface area contributed by atoms with Crippen LogP contribution in [0.25, 0.3) is 0 Å². The fourth-order valence-corrected chi connectivity index (χ4v) is 2.34. The number of piperidine rings is 1. The van der Waals surface area contributed by atoms with Crippen LogP contribution in [0.15, 0.2) is 12.1 Å². The highest BCUT2D eigenvalue weighted by atomic mass is 35.5. The van der Waals surface area contributed by atoms with Crippen LogP contribution in [-0.2, 0) is 0 Å². The minimum Gasteiger partial charge on any atom is -0.396 e. The minimum atomic E-state index is -0.217. The third kappa shape index (κ3) is 2.73. The quantitative estimate of drug-likeness (QED) is 0.844. The second-order valence-corrected chi connectivity index (χ2v) is 4.92. The van der Waals surface area contributed by atoms with Crippen LogP contribution in [0.1, 0.15) is 23.3 Å². The van der Waals surface area contributed by atoms with E-state index in [0.29, 0.717) is 18.1 Å². The van der Waals surface area contributed by atoms with Gasteiger partial charge in [-0.05, 0) is 30.9 Å². The zero-order valence-corrected chi connectivity index (χ0v) is 10.7. The second-order valence-electron chi connectivity index (χ2n) is 4.51. The molecule has 5 nitrogen and oxygen atoms in total. The van der Waals surface area contributed by atoms with Crippen molar-refractivity contribution in [2.75, 3.05) is 25.4 Å². The Kier molecular flexibility index (Phi) is 4.04. The molecule has 3 N–H and O–H groups in total. The maximum absolute atomic E-state index is 12.3. The molecule has 98 valence electrons. The molecule has 1 aliphatic rings. The van der Waals surface area contributed by atoms with E-state index in [2.05, 4.69) is 4.98 Å². The highest BCUT2D eigenvalue weighted by Crippen LogP contribution is 2.21. The number of nitrogen functional groups attached to an aromatic ring is 1. The number of nitrogens with two attached hydrogens (primary N) is 1. The van der Waals surface area contributed by atoms with E-state index in [1.165, 1.54) is 0 Å². The van der Waals surface area contributed by atoms with Crippen molar-refractivity contribution in [2.24, 2.45) is 5.92 Å². The molecule has 1 unspecified atom stereocenters. The van der Waals surface area contributed by atoms with E-state index < -0.39 is 0 Å². The fraction of sp³-hybridized carbons (Fsp3) is 0.500. The van der Waals surface area contributed by atoms with Gasteiger partial charge in [-0.2, -0.15) is 0 Å². The lowest BCUT2D eigenvalue weighted by molar-refractivity contribution is 0.0615. The Balaban J connectivity index is 2.17. The molecule has 1 aromatic heterocycles. The predicted molar refractivity (Wildman–Crippen MR) is 69.4 cm³/mol. The van der Waals surface area contributed by atoms with Crippen molar-refractivity contribution in [1.29, 1.82) is 0 Å². The molecular formula is C12H16ClN3O2. The van der Waals surface area contributed by atoms with Gasteiger partial charge in [0.25, 0.3) is 5.91 Å². The first-order valence-electron chi connectivity index (χ1n) is 5.94. The lowest BCUT2D eigenvalue weighted by Crippen LogP contribution is -2.41. The van der Waals surface area contributed by atoms with E-state index in [0.717, 1.165) is 12.8 Å². The lowest BCUT2D eigenvalue weighted by Gasteiger charge is -2.31. The molecule has 6 heteroatoms. The number of aromatic nitrogens is 1. The van der Waals surface area contributed by atoms with Gasteiger partial charge in [-0.3, -0.25) is 4.79 Å². The molecule has 2 heterocycles. The molecule has 2 rings (SSSR count). The van der Waals surface area contributed by atoms with Crippen LogP contribution in [0.5, 0.6) is 0 Å². The molecule has 1 aromatic rings.